The SMILES string of the molecule is COC(=O)c1ccc(-c2ccc(/C=C(/C#N)c3nc4ccc(OC)cc4[nH]3)o2)c(C)c1. The van der Waals surface area contributed by atoms with E-state index in [1.807, 2.05) is 37.3 Å². The standard InChI is InChI=1S/C24H19N3O4/c1-14-10-15(24(28)30-3)4-7-19(14)22-9-6-18(31-22)11-16(13-25)23-26-20-8-5-17(29-2)12-21(20)27-23/h4-12H,1-3H3,(H,26,27)/b16-11-. The van der Waals surface area contributed by atoms with E-state index < -0.39 is 0 Å². The number of hydrogen-bond donors (Lipinski definition) is 1. The number of ether oxygens (including phenoxy) is 2. The van der Waals surface area contributed by atoms with Crippen LogP contribution in [0, 0.1) is 18.3 Å². The Hall–Kier alpha value is -4.31. The number of nitrogens with one attached hydrogen (secondary N) is 1. The van der Waals surface area contributed by atoms with Gasteiger partial charge in [0.1, 0.15) is 29.2 Å². The molecule has 0 aliphatic heterocycles. The summed E-state index contributed by atoms with van der Waals surface area (Å²) in [4.78, 5) is 19.3. The minimum Gasteiger partial charge on any atom is -0.497 e. The summed E-state index contributed by atoms with van der Waals surface area (Å²) in [5, 5.41) is 9.65. The highest BCUT2D eigenvalue weighted by Crippen LogP contribution is 2.29. The molecule has 0 aliphatic rings. The van der Waals surface area contributed by atoms with Crippen LogP contribution in [0.5, 0.6) is 5.75 Å². The summed E-state index contributed by atoms with van der Waals surface area (Å²) in [7, 11) is 2.94. The molecule has 7 nitrogen and oxygen atoms in total. The molecule has 0 saturated carbocycles. The lowest BCUT2D eigenvalue weighted by molar-refractivity contribution is 0.0600. The minimum absolute atomic E-state index is 0.342. The third-order valence-electron chi connectivity index (χ3n) is 4.89. The van der Waals surface area contributed by atoms with E-state index in [9.17, 15) is 10.1 Å². The molecule has 4 rings (SSSR count). The lowest BCUT2D eigenvalue weighted by Crippen LogP contribution is -2.01. The fraction of sp³-hybridized carbons (Fsp3) is 0.125. The highest BCUT2D eigenvalue weighted by molar-refractivity contribution is 5.91. The Balaban J connectivity index is 1.65. The summed E-state index contributed by atoms with van der Waals surface area (Å²) in [6.45, 7) is 1.89. The summed E-state index contributed by atoms with van der Waals surface area (Å²) in [6.07, 6.45) is 1.64. The van der Waals surface area contributed by atoms with E-state index in [0.717, 1.165) is 22.2 Å². The predicted molar refractivity (Wildman–Crippen MR) is 116 cm³/mol. The number of aryl methyl sites for hydroxylation is 1. The molecule has 4 aromatic rings. The zero-order valence-corrected chi connectivity index (χ0v) is 17.2. The Morgan fingerprint density at radius 1 is 1.16 bits per heavy atom. The number of imidazole rings is 1. The van der Waals surface area contributed by atoms with Crippen LogP contribution in [0.25, 0.3) is 34.0 Å². The molecule has 154 valence electrons. The van der Waals surface area contributed by atoms with Gasteiger partial charge in [-0.2, -0.15) is 5.26 Å². The average molecular weight is 413 g/mol. The summed E-state index contributed by atoms with van der Waals surface area (Å²) in [5.74, 6) is 1.91. The summed E-state index contributed by atoms with van der Waals surface area (Å²) >= 11 is 0. The third kappa shape index (κ3) is 3.91. The van der Waals surface area contributed by atoms with Crippen molar-refractivity contribution >= 4 is 28.7 Å². The first-order valence-electron chi connectivity index (χ1n) is 9.47. The highest BCUT2D eigenvalue weighted by atomic mass is 16.5. The van der Waals surface area contributed by atoms with Gasteiger partial charge in [-0.3, -0.25) is 0 Å². The van der Waals surface area contributed by atoms with E-state index in [-0.39, 0.29) is 5.97 Å². The first kappa shape index (κ1) is 20.0. The van der Waals surface area contributed by atoms with Crippen LogP contribution in [0.3, 0.4) is 0 Å². The number of nitriles is 1. The first-order valence-corrected chi connectivity index (χ1v) is 9.47. The molecule has 0 amide bonds. The monoisotopic (exact) mass is 413 g/mol. The zero-order valence-electron chi connectivity index (χ0n) is 17.2. The number of esters is 1. The molecule has 0 unspecified atom stereocenters. The Kier molecular flexibility index (Phi) is 5.29. The van der Waals surface area contributed by atoms with Crippen molar-refractivity contribution in [2.75, 3.05) is 14.2 Å². The van der Waals surface area contributed by atoms with Crippen LogP contribution in [0.15, 0.2) is 52.9 Å². The quantitative estimate of drug-likeness (QED) is 0.365. The summed E-state index contributed by atoms with van der Waals surface area (Å²) in [6, 6.07) is 16.5. The van der Waals surface area contributed by atoms with Gasteiger partial charge >= 0.3 is 5.97 Å². The number of carbonyl (C=O) groups excluding carboxylic acids is 1. The van der Waals surface area contributed by atoms with Crippen LogP contribution >= 0.6 is 0 Å². The summed E-state index contributed by atoms with van der Waals surface area (Å²) < 4.78 is 15.9. The van der Waals surface area contributed by atoms with E-state index in [4.69, 9.17) is 13.9 Å². The first-order chi connectivity index (χ1) is 15.0. The number of rotatable bonds is 5. The van der Waals surface area contributed by atoms with Gasteiger partial charge in [0.25, 0.3) is 0 Å². The number of hydrogen-bond acceptors (Lipinski definition) is 6. The number of H-pyrrole nitrogens is 1. The zero-order chi connectivity index (χ0) is 22.0. The van der Waals surface area contributed by atoms with Crippen LogP contribution in [-0.4, -0.2) is 30.2 Å². The molecule has 2 aromatic heterocycles. The second-order valence-electron chi connectivity index (χ2n) is 6.86. The maximum atomic E-state index is 11.7. The van der Waals surface area contributed by atoms with Crippen molar-refractivity contribution in [3.63, 3.8) is 0 Å². The van der Waals surface area contributed by atoms with Crippen molar-refractivity contribution in [2.45, 2.75) is 6.92 Å². The van der Waals surface area contributed by atoms with Crippen LogP contribution in [-0.2, 0) is 4.74 Å². The number of benzene rings is 2. The normalized spacial score (nSPS) is 11.4. The molecule has 2 heterocycles. The fourth-order valence-electron chi connectivity index (χ4n) is 3.30. The van der Waals surface area contributed by atoms with Gasteiger partial charge in [-0.1, -0.05) is 6.07 Å². The number of methoxy groups -OCH3 is 2. The van der Waals surface area contributed by atoms with Gasteiger partial charge in [0.15, 0.2) is 0 Å². The highest BCUT2D eigenvalue weighted by Gasteiger charge is 2.13. The van der Waals surface area contributed by atoms with Crippen molar-refractivity contribution in [3.8, 4) is 23.1 Å². The molecule has 7 heteroatoms. The fourth-order valence-corrected chi connectivity index (χ4v) is 3.30. The molecule has 0 fully saturated rings. The van der Waals surface area contributed by atoms with Gasteiger partial charge in [0.2, 0.25) is 0 Å². The number of fused-ring (bicyclic) bond motifs is 1. The molecule has 0 atom stereocenters. The molecular formula is C24H19N3O4. The molecule has 2 aromatic carbocycles. The molecule has 0 bridgehead atoms. The topological polar surface area (TPSA) is 101 Å². The Morgan fingerprint density at radius 3 is 2.71 bits per heavy atom. The number of aromatic nitrogens is 2. The van der Waals surface area contributed by atoms with Crippen molar-refractivity contribution in [1.29, 1.82) is 5.26 Å². The van der Waals surface area contributed by atoms with E-state index in [1.54, 1.807) is 31.4 Å². The van der Waals surface area contributed by atoms with Crippen molar-refractivity contribution in [2.24, 2.45) is 0 Å². The molecule has 0 saturated heterocycles. The van der Waals surface area contributed by atoms with Gasteiger partial charge in [0, 0.05) is 17.7 Å². The molecule has 0 aliphatic carbocycles. The number of carbonyl (C=O) groups is 1. The largest absolute Gasteiger partial charge is 0.497 e. The number of aromatic amines is 1. The summed E-state index contributed by atoms with van der Waals surface area (Å²) in [5.41, 5.74) is 4.05. The maximum absolute atomic E-state index is 11.7. The van der Waals surface area contributed by atoms with Crippen molar-refractivity contribution in [1.82, 2.24) is 9.97 Å². The molecular weight excluding hydrogens is 394 g/mol. The third-order valence-corrected chi connectivity index (χ3v) is 4.89. The number of nitrogens with zero attached hydrogens (tertiary/aromatic N) is 2. The van der Waals surface area contributed by atoms with E-state index >= 15 is 0 Å². The second-order valence-corrected chi connectivity index (χ2v) is 6.86. The molecule has 0 radical (unpaired) electrons. The van der Waals surface area contributed by atoms with Gasteiger partial charge in [-0.15, -0.1) is 0 Å². The van der Waals surface area contributed by atoms with Crippen LogP contribution in [0.4, 0.5) is 0 Å². The minimum atomic E-state index is -0.389. The van der Waals surface area contributed by atoms with Crippen LogP contribution < -0.4 is 4.74 Å². The van der Waals surface area contributed by atoms with Crippen molar-refractivity contribution < 1.29 is 18.7 Å². The number of allylic oxidation sites excluding steroid dienone is 1. The Labute approximate surface area is 178 Å². The average Bonchev–Trinajstić information content (AvgIpc) is 3.42. The molecule has 1 N–H and O–H groups in total. The molecule has 31 heavy (non-hydrogen) atoms. The Bertz CT molecular complexity index is 1350. The lowest BCUT2D eigenvalue weighted by atomic mass is 10.0. The Morgan fingerprint density at radius 2 is 2.00 bits per heavy atom. The number of furan rings is 1. The van der Waals surface area contributed by atoms with Gasteiger partial charge in [-0.05, 0) is 48.9 Å². The van der Waals surface area contributed by atoms with E-state index in [0.29, 0.717) is 34.2 Å². The maximum Gasteiger partial charge on any atom is 0.337 e. The second kappa shape index (κ2) is 8.20. The molecule has 0 spiro atoms. The lowest BCUT2D eigenvalue weighted by Gasteiger charge is -2.05. The van der Waals surface area contributed by atoms with Crippen LogP contribution in [0.2, 0.25) is 0 Å². The van der Waals surface area contributed by atoms with Gasteiger partial charge in [0.05, 0.1) is 36.4 Å². The van der Waals surface area contributed by atoms with Gasteiger partial charge < -0.3 is 18.9 Å². The van der Waals surface area contributed by atoms with Crippen molar-refractivity contribution in [3.05, 3.63) is 71.2 Å². The van der Waals surface area contributed by atoms with E-state index in [1.165, 1.54) is 7.11 Å². The smallest absolute Gasteiger partial charge is 0.337 e. The van der Waals surface area contributed by atoms with Gasteiger partial charge in [-0.25, -0.2) is 9.78 Å². The van der Waals surface area contributed by atoms with Crippen LogP contribution in [0.1, 0.15) is 27.5 Å². The van der Waals surface area contributed by atoms with E-state index in [2.05, 4.69) is 16.0 Å². The predicted octanol–water partition coefficient (Wildman–Crippen LogP) is 4.99.